The summed E-state index contributed by atoms with van der Waals surface area (Å²) in [7, 11) is -1.60. The van der Waals surface area contributed by atoms with Gasteiger partial charge < -0.3 is 14.0 Å². The number of hydrogen-bond donors (Lipinski definition) is 0. The molecule has 0 amide bonds. The molecule has 0 N–H and O–H groups in total. The standard InChI is InChI=1S/C19H30N2O6S/c1-5-28(24,25)20-8-6-16(7-9-20)19(23)27-13-18(22)17-12-14(2)21(15(17)3)10-11-26-4/h12,16H,5-11,13H2,1-4H3. The number of methoxy groups -OCH3 is 1. The summed E-state index contributed by atoms with van der Waals surface area (Å²) >= 11 is 0. The molecule has 1 aromatic rings. The van der Waals surface area contributed by atoms with Crippen LogP contribution in [0.15, 0.2) is 6.07 Å². The van der Waals surface area contributed by atoms with Crippen LogP contribution in [0, 0.1) is 19.8 Å². The molecule has 9 heteroatoms. The van der Waals surface area contributed by atoms with Crippen molar-refractivity contribution in [1.29, 1.82) is 0 Å². The Morgan fingerprint density at radius 3 is 2.43 bits per heavy atom. The zero-order valence-corrected chi connectivity index (χ0v) is 17.9. The number of rotatable bonds is 9. The Bertz CT molecular complexity index is 807. The van der Waals surface area contributed by atoms with E-state index in [2.05, 4.69) is 0 Å². The molecule has 0 spiro atoms. The third-order valence-electron chi connectivity index (χ3n) is 5.28. The fraction of sp³-hybridized carbons (Fsp3) is 0.684. The third-order valence-corrected chi connectivity index (χ3v) is 7.17. The maximum atomic E-state index is 12.5. The molecule has 1 fully saturated rings. The minimum absolute atomic E-state index is 0.0550. The number of piperidine rings is 1. The Kier molecular flexibility index (Phi) is 7.79. The van der Waals surface area contributed by atoms with E-state index in [4.69, 9.17) is 9.47 Å². The second kappa shape index (κ2) is 9.67. The van der Waals surface area contributed by atoms with Gasteiger partial charge in [0, 0.05) is 43.7 Å². The molecule has 0 atom stereocenters. The van der Waals surface area contributed by atoms with Crippen molar-refractivity contribution in [2.24, 2.45) is 5.92 Å². The van der Waals surface area contributed by atoms with Crippen molar-refractivity contribution < 1.29 is 27.5 Å². The van der Waals surface area contributed by atoms with Crippen LogP contribution in [-0.4, -0.2) is 68.2 Å². The summed E-state index contributed by atoms with van der Waals surface area (Å²) in [5, 5.41) is 0. The van der Waals surface area contributed by atoms with Gasteiger partial charge in [-0.25, -0.2) is 12.7 Å². The lowest BCUT2D eigenvalue weighted by atomic mass is 9.98. The minimum atomic E-state index is -3.23. The van der Waals surface area contributed by atoms with Crippen molar-refractivity contribution in [3.63, 3.8) is 0 Å². The lowest BCUT2D eigenvalue weighted by Crippen LogP contribution is -2.41. The molecule has 0 saturated carbocycles. The summed E-state index contributed by atoms with van der Waals surface area (Å²) in [6.45, 7) is 6.90. The number of nitrogens with zero attached hydrogens (tertiary/aromatic N) is 2. The Balaban J connectivity index is 1.89. The highest BCUT2D eigenvalue weighted by Gasteiger charge is 2.31. The highest BCUT2D eigenvalue weighted by molar-refractivity contribution is 7.89. The number of ketones is 1. The zero-order valence-electron chi connectivity index (χ0n) is 17.1. The summed E-state index contributed by atoms with van der Waals surface area (Å²) in [5.74, 6) is -0.990. The zero-order chi connectivity index (χ0) is 20.9. The molecule has 0 bridgehead atoms. The van der Waals surface area contributed by atoms with Crippen molar-refractivity contribution in [2.45, 2.75) is 40.2 Å². The number of carbonyl (C=O) groups excluding carboxylic acids is 2. The third kappa shape index (κ3) is 5.21. The molecular weight excluding hydrogens is 384 g/mol. The first kappa shape index (κ1) is 22.6. The van der Waals surface area contributed by atoms with Gasteiger partial charge in [-0.1, -0.05) is 0 Å². The number of hydrogen-bond acceptors (Lipinski definition) is 6. The van der Waals surface area contributed by atoms with Gasteiger partial charge in [-0.3, -0.25) is 9.59 Å². The molecule has 1 aliphatic heterocycles. The first-order chi connectivity index (χ1) is 13.2. The summed E-state index contributed by atoms with van der Waals surface area (Å²) < 4.78 is 37.5. The predicted octanol–water partition coefficient (Wildman–Crippen LogP) is 1.54. The van der Waals surface area contributed by atoms with Crippen molar-refractivity contribution >= 4 is 21.8 Å². The highest BCUT2D eigenvalue weighted by atomic mass is 32.2. The number of carbonyl (C=O) groups is 2. The molecule has 0 radical (unpaired) electrons. The van der Waals surface area contributed by atoms with Crippen LogP contribution in [0.25, 0.3) is 0 Å². The van der Waals surface area contributed by atoms with Crippen molar-refractivity contribution in [1.82, 2.24) is 8.87 Å². The van der Waals surface area contributed by atoms with E-state index >= 15 is 0 Å². The van der Waals surface area contributed by atoms with Gasteiger partial charge in [-0.2, -0.15) is 0 Å². The van der Waals surface area contributed by atoms with Crippen LogP contribution in [-0.2, 0) is 30.8 Å². The molecule has 8 nitrogen and oxygen atoms in total. The van der Waals surface area contributed by atoms with Crippen LogP contribution in [0.3, 0.4) is 0 Å². The Hall–Kier alpha value is -1.71. The summed E-state index contributed by atoms with van der Waals surface area (Å²) in [4.78, 5) is 24.8. The fourth-order valence-corrected chi connectivity index (χ4v) is 4.63. The largest absolute Gasteiger partial charge is 0.457 e. The van der Waals surface area contributed by atoms with Crippen LogP contribution < -0.4 is 0 Å². The van der Waals surface area contributed by atoms with Gasteiger partial charge in [-0.05, 0) is 39.7 Å². The van der Waals surface area contributed by atoms with Crippen molar-refractivity contribution in [2.75, 3.05) is 39.2 Å². The maximum Gasteiger partial charge on any atom is 0.309 e. The van der Waals surface area contributed by atoms with Crippen molar-refractivity contribution in [3.05, 3.63) is 23.0 Å². The SMILES string of the molecule is CCS(=O)(=O)N1CCC(C(=O)OCC(=O)c2cc(C)n(CCOC)c2C)CC1. The minimum Gasteiger partial charge on any atom is -0.457 e. The summed E-state index contributed by atoms with van der Waals surface area (Å²) in [5.41, 5.74) is 2.33. The van der Waals surface area contributed by atoms with Gasteiger partial charge >= 0.3 is 5.97 Å². The quantitative estimate of drug-likeness (QED) is 0.449. The molecular formula is C19H30N2O6S. The van der Waals surface area contributed by atoms with Crippen LogP contribution >= 0.6 is 0 Å². The molecule has 0 aliphatic carbocycles. The Morgan fingerprint density at radius 2 is 1.86 bits per heavy atom. The maximum absolute atomic E-state index is 12.5. The first-order valence-corrected chi connectivity index (χ1v) is 11.2. The van der Waals surface area contributed by atoms with E-state index in [1.165, 1.54) is 4.31 Å². The van der Waals surface area contributed by atoms with Gasteiger partial charge in [0.1, 0.15) is 0 Å². The number of aryl methyl sites for hydroxylation is 1. The monoisotopic (exact) mass is 414 g/mol. The number of ether oxygens (including phenoxy) is 2. The topological polar surface area (TPSA) is 94.9 Å². The molecule has 2 rings (SSSR count). The number of aromatic nitrogens is 1. The van der Waals surface area contributed by atoms with Gasteiger partial charge in [-0.15, -0.1) is 0 Å². The Morgan fingerprint density at radius 1 is 1.21 bits per heavy atom. The molecule has 0 unspecified atom stereocenters. The van der Waals surface area contributed by atoms with Gasteiger partial charge in [0.2, 0.25) is 15.8 Å². The number of Topliss-reactive ketones (excluding diaryl/α,β-unsaturated/α-hetero) is 1. The van der Waals surface area contributed by atoms with Gasteiger partial charge in [0.15, 0.2) is 6.61 Å². The van der Waals surface area contributed by atoms with Gasteiger partial charge in [0.25, 0.3) is 0 Å². The van der Waals surface area contributed by atoms with Crippen LogP contribution in [0.2, 0.25) is 0 Å². The van der Waals surface area contributed by atoms with Crippen LogP contribution in [0.4, 0.5) is 0 Å². The summed E-state index contributed by atoms with van der Waals surface area (Å²) in [6, 6.07) is 1.80. The van der Waals surface area contributed by atoms with E-state index in [1.807, 2.05) is 18.4 Å². The van der Waals surface area contributed by atoms with Crippen LogP contribution in [0.5, 0.6) is 0 Å². The fourth-order valence-electron chi connectivity index (χ4n) is 3.49. The normalized spacial score (nSPS) is 16.3. The molecule has 28 heavy (non-hydrogen) atoms. The van der Waals surface area contributed by atoms with Crippen LogP contribution in [0.1, 0.15) is 41.5 Å². The smallest absolute Gasteiger partial charge is 0.309 e. The number of sulfonamides is 1. The van der Waals surface area contributed by atoms with E-state index in [9.17, 15) is 18.0 Å². The van der Waals surface area contributed by atoms with E-state index in [-0.39, 0.29) is 24.1 Å². The molecule has 1 saturated heterocycles. The van der Waals surface area contributed by atoms with E-state index in [0.717, 1.165) is 11.4 Å². The first-order valence-electron chi connectivity index (χ1n) is 9.54. The molecule has 0 aromatic carbocycles. The second-order valence-electron chi connectivity index (χ2n) is 7.03. The average Bonchev–Trinajstić information content (AvgIpc) is 2.98. The number of esters is 1. The predicted molar refractivity (Wildman–Crippen MR) is 105 cm³/mol. The highest BCUT2D eigenvalue weighted by Crippen LogP contribution is 2.22. The molecule has 158 valence electrons. The second-order valence-corrected chi connectivity index (χ2v) is 9.29. The summed E-state index contributed by atoms with van der Waals surface area (Å²) in [6.07, 6.45) is 0.829. The van der Waals surface area contributed by atoms with E-state index < -0.39 is 16.0 Å². The lowest BCUT2D eigenvalue weighted by Gasteiger charge is -2.29. The van der Waals surface area contributed by atoms with Crippen molar-refractivity contribution in [3.8, 4) is 0 Å². The average molecular weight is 415 g/mol. The lowest BCUT2D eigenvalue weighted by molar-refractivity contribution is -0.148. The van der Waals surface area contributed by atoms with E-state index in [1.54, 1.807) is 20.1 Å². The molecule has 2 heterocycles. The molecule has 1 aliphatic rings. The Labute approximate surface area is 166 Å². The van der Waals surface area contributed by atoms with E-state index in [0.29, 0.717) is 44.6 Å². The molecule has 1 aromatic heterocycles. The van der Waals surface area contributed by atoms with Gasteiger partial charge in [0.05, 0.1) is 18.3 Å².